The van der Waals surface area contributed by atoms with Gasteiger partial charge in [0.25, 0.3) is 0 Å². The minimum absolute atomic E-state index is 0.132. The van der Waals surface area contributed by atoms with Gasteiger partial charge < -0.3 is 14.1 Å². The number of carbonyl (C=O) groups excluding carboxylic acids is 1. The van der Waals surface area contributed by atoms with Crippen molar-refractivity contribution in [3.05, 3.63) is 77.6 Å². The van der Waals surface area contributed by atoms with Crippen molar-refractivity contribution in [2.45, 2.75) is 45.3 Å². The van der Waals surface area contributed by atoms with E-state index < -0.39 is 0 Å². The van der Waals surface area contributed by atoms with Crippen LogP contribution in [0.1, 0.15) is 43.1 Å². The Balaban J connectivity index is 1.51. The maximum atomic E-state index is 12.7. The van der Waals surface area contributed by atoms with E-state index in [2.05, 4.69) is 25.1 Å². The molecule has 0 unspecified atom stereocenters. The zero-order chi connectivity index (χ0) is 20.1. The number of nitrogens with zero attached hydrogens (tertiary/aromatic N) is 1. The van der Waals surface area contributed by atoms with Gasteiger partial charge in [0, 0.05) is 23.5 Å². The number of hydrogen-bond donors (Lipinski definition) is 0. The molecule has 2 aromatic carbocycles. The molecule has 150 valence electrons. The van der Waals surface area contributed by atoms with Crippen LogP contribution < -0.4 is 0 Å². The fourth-order valence-electron chi connectivity index (χ4n) is 4.01. The molecule has 1 fully saturated rings. The van der Waals surface area contributed by atoms with Gasteiger partial charge in [0.05, 0.1) is 0 Å². The van der Waals surface area contributed by atoms with Crippen molar-refractivity contribution in [2.75, 3.05) is 6.54 Å². The molecule has 1 aromatic heterocycles. The van der Waals surface area contributed by atoms with Crippen molar-refractivity contribution in [1.29, 1.82) is 0 Å². The molecule has 0 spiro atoms. The molecule has 1 saturated heterocycles. The Morgan fingerprint density at radius 1 is 1.17 bits per heavy atom. The number of rotatable bonds is 6. The highest BCUT2D eigenvalue weighted by molar-refractivity contribution is 5.84. The zero-order valence-corrected chi connectivity index (χ0v) is 16.8. The van der Waals surface area contributed by atoms with Crippen LogP contribution >= 0.6 is 0 Å². The first kappa shape index (κ1) is 19.3. The first-order valence-corrected chi connectivity index (χ1v) is 10.4. The lowest BCUT2D eigenvalue weighted by atomic mass is 10.0. The number of furan rings is 1. The molecule has 4 nitrogen and oxygen atoms in total. The predicted molar refractivity (Wildman–Crippen MR) is 116 cm³/mol. The van der Waals surface area contributed by atoms with E-state index in [0.717, 1.165) is 54.5 Å². The topological polar surface area (TPSA) is 42.7 Å². The molecule has 0 radical (unpaired) electrons. The van der Waals surface area contributed by atoms with Crippen molar-refractivity contribution in [1.82, 2.24) is 4.90 Å². The third-order valence-electron chi connectivity index (χ3n) is 5.49. The molecule has 3 aromatic rings. The minimum Gasteiger partial charge on any atom is -0.456 e. The van der Waals surface area contributed by atoms with Crippen LogP contribution in [0.5, 0.6) is 0 Å². The lowest BCUT2D eigenvalue weighted by molar-refractivity contribution is 0.0921. The molecule has 0 N–H and O–H groups in total. The second-order valence-electron chi connectivity index (χ2n) is 7.49. The van der Waals surface area contributed by atoms with Gasteiger partial charge in [0.1, 0.15) is 18.0 Å². The van der Waals surface area contributed by atoms with Gasteiger partial charge in [-0.2, -0.15) is 0 Å². The predicted octanol–water partition coefficient (Wildman–Crippen LogP) is 6.20. The van der Waals surface area contributed by atoms with Crippen LogP contribution in [0.3, 0.4) is 0 Å². The summed E-state index contributed by atoms with van der Waals surface area (Å²) in [6.45, 7) is 3.16. The van der Waals surface area contributed by atoms with Gasteiger partial charge in [-0.05, 0) is 43.4 Å². The van der Waals surface area contributed by atoms with E-state index in [0.29, 0.717) is 6.61 Å². The number of benzene rings is 2. The quantitative estimate of drug-likeness (QED) is 0.504. The maximum absolute atomic E-state index is 12.7. The fourth-order valence-corrected chi connectivity index (χ4v) is 4.01. The van der Waals surface area contributed by atoms with Crippen molar-refractivity contribution < 1.29 is 13.9 Å². The summed E-state index contributed by atoms with van der Waals surface area (Å²) in [4.78, 5) is 14.6. The van der Waals surface area contributed by atoms with Gasteiger partial charge in [-0.3, -0.25) is 0 Å². The number of carbonyl (C=O) groups is 1. The summed E-state index contributed by atoms with van der Waals surface area (Å²) in [6.07, 6.45) is 7.66. The molecule has 2 heterocycles. The Morgan fingerprint density at radius 2 is 1.97 bits per heavy atom. The third-order valence-corrected chi connectivity index (χ3v) is 5.49. The highest BCUT2D eigenvalue weighted by Crippen LogP contribution is 2.31. The monoisotopic (exact) mass is 389 g/mol. The van der Waals surface area contributed by atoms with Crippen LogP contribution in [0.25, 0.3) is 17.0 Å². The second-order valence-corrected chi connectivity index (χ2v) is 7.49. The molecule has 29 heavy (non-hydrogen) atoms. The largest absolute Gasteiger partial charge is 0.456 e. The summed E-state index contributed by atoms with van der Waals surface area (Å²) < 4.78 is 11.7. The number of amides is 1. The number of likely N-dealkylation sites (tertiary alicyclic amines) is 1. The molecule has 1 aliphatic heterocycles. The van der Waals surface area contributed by atoms with E-state index in [4.69, 9.17) is 9.15 Å². The van der Waals surface area contributed by atoms with E-state index in [1.807, 2.05) is 53.4 Å². The Labute approximate surface area is 171 Å². The van der Waals surface area contributed by atoms with Gasteiger partial charge in [-0.1, -0.05) is 61.5 Å². The second kappa shape index (κ2) is 8.99. The summed E-state index contributed by atoms with van der Waals surface area (Å²) in [5.41, 5.74) is 3.08. The van der Waals surface area contributed by atoms with Crippen LogP contribution in [0, 0.1) is 0 Å². The first-order chi connectivity index (χ1) is 14.3. The lowest BCUT2D eigenvalue weighted by Gasteiger charge is -2.24. The summed E-state index contributed by atoms with van der Waals surface area (Å²) in [6, 6.07) is 18.1. The highest BCUT2D eigenvalue weighted by atomic mass is 16.6. The van der Waals surface area contributed by atoms with Gasteiger partial charge in [0.2, 0.25) is 0 Å². The molecule has 4 heteroatoms. The average molecular weight is 389 g/mol. The van der Waals surface area contributed by atoms with Crippen molar-refractivity contribution in [2.24, 2.45) is 0 Å². The molecule has 1 atom stereocenters. The van der Waals surface area contributed by atoms with Crippen LogP contribution in [0.2, 0.25) is 0 Å². The van der Waals surface area contributed by atoms with Crippen molar-refractivity contribution >= 4 is 23.1 Å². The van der Waals surface area contributed by atoms with E-state index in [-0.39, 0.29) is 12.1 Å². The third kappa shape index (κ3) is 4.37. The van der Waals surface area contributed by atoms with Gasteiger partial charge in [-0.25, -0.2) is 4.79 Å². The van der Waals surface area contributed by atoms with E-state index in [9.17, 15) is 4.79 Å². The van der Waals surface area contributed by atoms with E-state index in [1.54, 1.807) is 0 Å². The molecule has 0 saturated carbocycles. The zero-order valence-electron chi connectivity index (χ0n) is 16.8. The number of allylic oxidation sites excluding steroid dienone is 1. The SMILES string of the molecule is CC/C=C/c1oc2ccccc2c1C[C@@H]1CCCN1C(=O)OCc1ccccc1. The standard InChI is InChI=1S/C25H27NO3/c1-2-3-14-24-22(21-13-7-8-15-23(21)29-24)17-20-12-9-16-26(20)25(27)28-18-19-10-5-4-6-11-19/h3-8,10-11,13-15,20H,2,9,12,16-18H2,1H3/b14-3+/t20-/m0/s1. The normalized spacial score (nSPS) is 16.7. The van der Waals surface area contributed by atoms with Crippen LogP contribution in [-0.4, -0.2) is 23.6 Å². The van der Waals surface area contributed by atoms with E-state index in [1.165, 1.54) is 5.56 Å². The van der Waals surface area contributed by atoms with Crippen molar-refractivity contribution in [3.8, 4) is 0 Å². The molecule has 4 rings (SSSR count). The summed E-state index contributed by atoms with van der Waals surface area (Å²) in [7, 11) is 0. The number of hydrogen-bond acceptors (Lipinski definition) is 3. The fraction of sp³-hybridized carbons (Fsp3) is 0.320. The number of para-hydroxylation sites is 1. The lowest BCUT2D eigenvalue weighted by Crippen LogP contribution is -2.37. The van der Waals surface area contributed by atoms with Crippen LogP contribution in [-0.2, 0) is 17.8 Å². The Morgan fingerprint density at radius 3 is 2.79 bits per heavy atom. The smallest absolute Gasteiger partial charge is 0.410 e. The molecule has 1 amide bonds. The van der Waals surface area contributed by atoms with Crippen LogP contribution in [0.15, 0.2) is 65.1 Å². The minimum atomic E-state index is -0.227. The summed E-state index contributed by atoms with van der Waals surface area (Å²) in [5.74, 6) is 0.901. The summed E-state index contributed by atoms with van der Waals surface area (Å²) in [5, 5.41) is 1.13. The highest BCUT2D eigenvalue weighted by Gasteiger charge is 2.31. The Kier molecular flexibility index (Phi) is 5.99. The van der Waals surface area contributed by atoms with Gasteiger partial charge in [0.15, 0.2) is 0 Å². The van der Waals surface area contributed by atoms with Crippen molar-refractivity contribution in [3.63, 3.8) is 0 Å². The molecular formula is C25H27NO3. The molecule has 0 bridgehead atoms. The van der Waals surface area contributed by atoms with Crippen LogP contribution in [0.4, 0.5) is 4.79 Å². The summed E-state index contributed by atoms with van der Waals surface area (Å²) >= 11 is 0. The maximum Gasteiger partial charge on any atom is 0.410 e. The number of ether oxygens (including phenoxy) is 1. The Bertz CT molecular complexity index is 990. The molecule has 0 aliphatic carbocycles. The average Bonchev–Trinajstić information content (AvgIpc) is 3.36. The first-order valence-electron chi connectivity index (χ1n) is 10.4. The Hall–Kier alpha value is -3.01. The van der Waals surface area contributed by atoms with Gasteiger partial charge in [-0.15, -0.1) is 0 Å². The van der Waals surface area contributed by atoms with Gasteiger partial charge >= 0.3 is 6.09 Å². The number of fused-ring (bicyclic) bond motifs is 1. The van der Waals surface area contributed by atoms with E-state index >= 15 is 0 Å². The molecule has 1 aliphatic rings. The molecular weight excluding hydrogens is 362 g/mol.